The number of rotatable bonds is 12. The smallest absolute Gasteiger partial charge is 0.270 e. The number of nitrogens with zero attached hydrogens (tertiary/aromatic N) is 3. The van der Waals surface area contributed by atoms with Gasteiger partial charge in [-0.3, -0.25) is 24.1 Å². The highest BCUT2D eigenvalue weighted by Crippen LogP contribution is 2.27. The summed E-state index contributed by atoms with van der Waals surface area (Å²) in [4.78, 5) is 58.0. The van der Waals surface area contributed by atoms with Crippen LogP contribution in [-0.4, -0.2) is 86.5 Å². The minimum atomic E-state index is -1.47. The quantitative estimate of drug-likeness (QED) is 0.222. The van der Waals surface area contributed by atoms with E-state index in [2.05, 4.69) is 15.6 Å². The molecular formula is C33H41N6O6-. The molecule has 2 aromatic carbocycles. The van der Waals surface area contributed by atoms with Gasteiger partial charge in [0.25, 0.3) is 5.91 Å². The van der Waals surface area contributed by atoms with Crippen LogP contribution in [0.5, 0.6) is 0 Å². The van der Waals surface area contributed by atoms with Crippen molar-refractivity contribution in [3.05, 3.63) is 83.2 Å². The highest BCUT2D eigenvalue weighted by Gasteiger charge is 2.38. The first-order valence-electron chi connectivity index (χ1n) is 15.1. The number of benzene rings is 2. The molecule has 4 rings (SSSR count). The van der Waals surface area contributed by atoms with Crippen LogP contribution in [0, 0.1) is 5.21 Å². The van der Waals surface area contributed by atoms with Gasteiger partial charge in [0.1, 0.15) is 11.7 Å². The van der Waals surface area contributed by atoms with Crippen LogP contribution in [0.4, 0.5) is 0 Å². The molecule has 0 spiro atoms. The number of nitrogens with two attached hydrogens (primary N) is 1. The van der Waals surface area contributed by atoms with Crippen LogP contribution in [0.1, 0.15) is 56.1 Å². The number of pyridine rings is 1. The number of aliphatic hydroxyl groups excluding tert-OH is 1. The maximum absolute atomic E-state index is 13.5. The predicted molar refractivity (Wildman–Crippen MR) is 169 cm³/mol. The van der Waals surface area contributed by atoms with Crippen LogP contribution in [0.15, 0.2) is 66.7 Å². The van der Waals surface area contributed by atoms with Gasteiger partial charge in [0.05, 0.1) is 30.1 Å². The van der Waals surface area contributed by atoms with Gasteiger partial charge in [0.2, 0.25) is 17.7 Å². The Morgan fingerprint density at radius 2 is 1.73 bits per heavy atom. The van der Waals surface area contributed by atoms with Gasteiger partial charge in [0.15, 0.2) is 0 Å². The van der Waals surface area contributed by atoms with Crippen molar-refractivity contribution in [2.45, 2.75) is 76.2 Å². The molecule has 1 aromatic heterocycles. The van der Waals surface area contributed by atoms with Crippen molar-refractivity contribution >= 4 is 34.5 Å². The molecule has 2 heterocycles. The highest BCUT2D eigenvalue weighted by molar-refractivity contribution is 5.99. The maximum atomic E-state index is 13.5. The second-order valence-electron chi connectivity index (χ2n) is 12.4. The van der Waals surface area contributed by atoms with Crippen LogP contribution >= 0.6 is 0 Å². The number of amides is 4. The number of aliphatic hydroxyl groups is 1. The van der Waals surface area contributed by atoms with Gasteiger partial charge in [-0.25, -0.2) is 4.98 Å². The highest BCUT2D eigenvalue weighted by atomic mass is 16.5. The van der Waals surface area contributed by atoms with Gasteiger partial charge in [-0.15, -0.1) is 0 Å². The van der Waals surface area contributed by atoms with Gasteiger partial charge in [-0.2, -0.15) is 0 Å². The fraction of sp³-hybridized carbons (Fsp3) is 0.424. The summed E-state index contributed by atoms with van der Waals surface area (Å²) in [7, 11) is 0. The SMILES string of the molecule is CC(C)(C)N1CCC[C@H]1C(=O)N([O-])C[C@@H](O)[C@H](Cc1ccccc1)NC(=O)[C@H](CC(N)=O)NC(=O)c1ccc2ccccc2n1. The summed E-state index contributed by atoms with van der Waals surface area (Å²) in [6, 6.07) is 16.4. The van der Waals surface area contributed by atoms with E-state index in [4.69, 9.17) is 5.73 Å². The molecule has 5 N–H and O–H groups in total. The molecule has 1 saturated heterocycles. The summed E-state index contributed by atoms with van der Waals surface area (Å²) in [5.74, 6) is -2.97. The first-order valence-corrected chi connectivity index (χ1v) is 15.1. The van der Waals surface area contributed by atoms with E-state index in [9.17, 15) is 29.5 Å². The normalized spacial score (nSPS) is 17.3. The molecule has 0 bridgehead atoms. The first-order chi connectivity index (χ1) is 21.3. The molecule has 45 heavy (non-hydrogen) atoms. The molecule has 1 aliphatic rings. The van der Waals surface area contributed by atoms with E-state index in [-0.39, 0.29) is 22.7 Å². The number of nitrogens with one attached hydrogen (secondary N) is 2. The minimum absolute atomic E-state index is 0.0357. The molecule has 3 aromatic rings. The second kappa shape index (κ2) is 14.6. The Balaban J connectivity index is 1.50. The van der Waals surface area contributed by atoms with Gasteiger partial charge in [-0.05, 0) is 64.3 Å². The van der Waals surface area contributed by atoms with Crippen molar-refractivity contribution < 1.29 is 24.3 Å². The molecular weight excluding hydrogens is 576 g/mol. The summed E-state index contributed by atoms with van der Waals surface area (Å²) in [6.45, 7) is 6.03. The Morgan fingerprint density at radius 3 is 2.42 bits per heavy atom. The third kappa shape index (κ3) is 8.84. The monoisotopic (exact) mass is 617 g/mol. The molecule has 240 valence electrons. The molecule has 0 unspecified atom stereocenters. The number of primary amides is 1. The summed E-state index contributed by atoms with van der Waals surface area (Å²) in [5.41, 5.74) is 6.45. The zero-order chi connectivity index (χ0) is 32.7. The Kier molecular flexibility index (Phi) is 10.9. The van der Waals surface area contributed by atoms with E-state index in [1.54, 1.807) is 42.5 Å². The van der Waals surface area contributed by atoms with Crippen LogP contribution in [0.2, 0.25) is 0 Å². The summed E-state index contributed by atoms with van der Waals surface area (Å²) >= 11 is 0. The average Bonchev–Trinajstić information content (AvgIpc) is 3.51. The maximum Gasteiger partial charge on any atom is 0.270 e. The fourth-order valence-electron chi connectivity index (χ4n) is 5.65. The molecule has 0 saturated carbocycles. The number of likely N-dealkylation sites (tertiary alicyclic amines) is 1. The third-order valence-corrected chi connectivity index (χ3v) is 7.95. The van der Waals surface area contributed by atoms with E-state index in [0.29, 0.717) is 18.5 Å². The van der Waals surface area contributed by atoms with Gasteiger partial charge >= 0.3 is 0 Å². The number of hydrogen-bond acceptors (Lipinski definition) is 8. The lowest BCUT2D eigenvalue weighted by molar-refractivity contribution is -0.136. The van der Waals surface area contributed by atoms with Crippen molar-refractivity contribution in [1.29, 1.82) is 0 Å². The van der Waals surface area contributed by atoms with E-state index in [0.717, 1.165) is 17.4 Å². The molecule has 1 aliphatic heterocycles. The van der Waals surface area contributed by atoms with Crippen molar-refractivity contribution in [2.75, 3.05) is 13.1 Å². The lowest BCUT2D eigenvalue weighted by atomic mass is 9.99. The molecule has 4 atom stereocenters. The van der Waals surface area contributed by atoms with E-state index >= 15 is 0 Å². The van der Waals surface area contributed by atoms with Crippen LogP contribution in [0.3, 0.4) is 0 Å². The zero-order valence-electron chi connectivity index (χ0n) is 25.8. The van der Waals surface area contributed by atoms with Crippen molar-refractivity contribution in [2.24, 2.45) is 5.73 Å². The topological polar surface area (TPSA) is 181 Å². The molecule has 4 amide bonds. The van der Waals surface area contributed by atoms with Gasteiger partial charge < -0.3 is 31.7 Å². The second-order valence-corrected chi connectivity index (χ2v) is 12.4. The number of fused-ring (bicyclic) bond motifs is 1. The molecule has 12 heteroatoms. The Hall–Kier alpha value is -4.39. The van der Waals surface area contributed by atoms with E-state index < -0.39 is 60.8 Å². The van der Waals surface area contributed by atoms with Crippen molar-refractivity contribution in [3.63, 3.8) is 0 Å². The number of hydrogen-bond donors (Lipinski definition) is 4. The summed E-state index contributed by atoms with van der Waals surface area (Å²) in [6.07, 6.45) is -0.562. The minimum Gasteiger partial charge on any atom is -0.756 e. The van der Waals surface area contributed by atoms with Gasteiger partial charge in [-0.1, -0.05) is 54.6 Å². The average molecular weight is 618 g/mol. The predicted octanol–water partition coefficient (Wildman–Crippen LogP) is 1.89. The van der Waals surface area contributed by atoms with E-state index in [1.165, 1.54) is 6.07 Å². The van der Waals surface area contributed by atoms with Crippen LogP contribution in [-0.2, 0) is 20.8 Å². The number of para-hydroxylation sites is 1. The van der Waals surface area contributed by atoms with Crippen molar-refractivity contribution in [3.8, 4) is 0 Å². The Morgan fingerprint density at radius 1 is 1.04 bits per heavy atom. The summed E-state index contributed by atoms with van der Waals surface area (Å²) < 4.78 is 0. The standard InChI is InChI=1S/C33H41N6O6/c1-33(2,3)38-17-9-14-27(38)32(44)39(45)20-28(40)25(18-21-10-5-4-6-11-21)36-31(43)26(19-29(34)41)37-30(42)24-16-15-22-12-7-8-13-23(22)35-24/h4-8,10-13,15-16,25-28,40H,9,14,17-20H2,1-3H3,(H2,34,41)(H,36,43)(H,37,42)/q-1/t25-,26-,27-,28+/m0/s1. The molecule has 12 nitrogen and oxygen atoms in total. The number of carbonyl (C=O) groups excluding carboxylic acids is 4. The number of carbonyl (C=O) groups is 4. The zero-order valence-corrected chi connectivity index (χ0v) is 25.8. The number of aromatic nitrogens is 1. The van der Waals surface area contributed by atoms with Gasteiger partial charge in [0, 0.05) is 17.5 Å². The van der Waals surface area contributed by atoms with Crippen LogP contribution in [0.25, 0.3) is 10.9 Å². The molecule has 1 fully saturated rings. The fourth-order valence-corrected chi connectivity index (χ4v) is 5.65. The molecule has 0 aliphatic carbocycles. The Bertz CT molecular complexity index is 1510. The largest absolute Gasteiger partial charge is 0.756 e. The summed E-state index contributed by atoms with van der Waals surface area (Å²) in [5, 5.41) is 30.6. The number of hydroxylamine groups is 2. The van der Waals surface area contributed by atoms with Crippen LogP contribution < -0.4 is 16.4 Å². The Labute approximate surface area is 262 Å². The first kappa shape index (κ1) is 33.5. The molecule has 0 radical (unpaired) electrons. The van der Waals surface area contributed by atoms with Crippen molar-refractivity contribution in [1.82, 2.24) is 25.6 Å². The lowest BCUT2D eigenvalue weighted by Crippen LogP contribution is -2.57. The van der Waals surface area contributed by atoms with E-state index in [1.807, 2.05) is 43.9 Å². The lowest BCUT2D eigenvalue weighted by Gasteiger charge is -2.41. The third-order valence-electron chi connectivity index (χ3n) is 7.95.